The molecule has 8 heteroatoms. The number of alkyl halides is 3. The van der Waals surface area contributed by atoms with Crippen molar-refractivity contribution in [2.24, 2.45) is 5.92 Å². The first-order valence-corrected chi connectivity index (χ1v) is 7.08. The minimum atomic E-state index is -4.58. The molecule has 2 rings (SSSR count). The van der Waals surface area contributed by atoms with Crippen molar-refractivity contribution >= 4 is 11.4 Å². The van der Waals surface area contributed by atoms with Crippen molar-refractivity contribution in [3.05, 3.63) is 33.9 Å². The monoisotopic (exact) mass is 317 g/mol. The molecule has 0 bridgehead atoms. The van der Waals surface area contributed by atoms with Crippen molar-refractivity contribution in [2.45, 2.75) is 19.0 Å². The van der Waals surface area contributed by atoms with Crippen LogP contribution in [-0.2, 0) is 6.18 Å². The van der Waals surface area contributed by atoms with E-state index in [-0.39, 0.29) is 5.69 Å². The Hall–Kier alpha value is -1.83. The predicted octanol–water partition coefficient (Wildman–Crippen LogP) is 3.05. The maximum Gasteiger partial charge on any atom is 0.416 e. The maximum atomic E-state index is 12.7. The average Bonchev–Trinajstić information content (AvgIpc) is 2.46. The van der Waals surface area contributed by atoms with Gasteiger partial charge in [0.1, 0.15) is 5.69 Å². The van der Waals surface area contributed by atoms with Gasteiger partial charge in [0.25, 0.3) is 5.69 Å². The summed E-state index contributed by atoms with van der Waals surface area (Å²) in [5, 5.41) is 14.2. The maximum absolute atomic E-state index is 12.7. The summed E-state index contributed by atoms with van der Waals surface area (Å²) < 4.78 is 38.2. The number of halogens is 3. The van der Waals surface area contributed by atoms with E-state index in [1.807, 2.05) is 11.9 Å². The normalized spacial score (nSPS) is 19.3. The molecule has 1 aliphatic heterocycles. The zero-order valence-corrected chi connectivity index (χ0v) is 12.2. The molecule has 0 aromatic heterocycles. The molecule has 0 spiro atoms. The third-order valence-corrected chi connectivity index (χ3v) is 3.85. The molecule has 1 aromatic carbocycles. The van der Waals surface area contributed by atoms with Gasteiger partial charge < -0.3 is 10.2 Å². The van der Waals surface area contributed by atoms with Crippen LogP contribution >= 0.6 is 0 Å². The summed E-state index contributed by atoms with van der Waals surface area (Å²) in [7, 11) is 1.83. The zero-order valence-electron chi connectivity index (χ0n) is 12.2. The SMILES string of the molecule is CNCC1CCCN(c2ccc(C(F)(F)F)cc2[N+](=O)[O-])C1. The lowest BCUT2D eigenvalue weighted by Crippen LogP contribution is -2.39. The van der Waals surface area contributed by atoms with Gasteiger partial charge in [-0.15, -0.1) is 0 Å². The second-order valence-corrected chi connectivity index (χ2v) is 5.47. The molecule has 0 aliphatic carbocycles. The van der Waals surface area contributed by atoms with Crippen LogP contribution < -0.4 is 10.2 Å². The summed E-state index contributed by atoms with van der Waals surface area (Å²) in [6.07, 6.45) is -2.71. The number of anilines is 1. The highest BCUT2D eigenvalue weighted by atomic mass is 19.4. The number of piperidine rings is 1. The van der Waals surface area contributed by atoms with Crippen molar-refractivity contribution in [3.63, 3.8) is 0 Å². The van der Waals surface area contributed by atoms with E-state index in [0.29, 0.717) is 25.1 Å². The third-order valence-electron chi connectivity index (χ3n) is 3.85. The summed E-state index contributed by atoms with van der Waals surface area (Å²) >= 11 is 0. The number of nitrogens with zero attached hydrogens (tertiary/aromatic N) is 2. The Balaban J connectivity index is 2.32. The van der Waals surface area contributed by atoms with E-state index in [0.717, 1.165) is 25.5 Å². The Bertz CT molecular complexity index is 547. The second-order valence-electron chi connectivity index (χ2n) is 5.47. The molecule has 0 saturated carbocycles. The fraction of sp³-hybridized carbons (Fsp3) is 0.571. The molecule has 1 atom stereocenters. The van der Waals surface area contributed by atoms with Crippen LogP contribution in [0.1, 0.15) is 18.4 Å². The molecule has 22 heavy (non-hydrogen) atoms. The summed E-state index contributed by atoms with van der Waals surface area (Å²) in [6, 6.07) is 2.74. The highest BCUT2D eigenvalue weighted by molar-refractivity contribution is 5.65. The van der Waals surface area contributed by atoms with E-state index in [4.69, 9.17) is 0 Å². The van der Waals surface area contributed by atoms with Gasteiger partial charge in [0.05, 0.1) is 10.5 Å². The van der Waals surface area contributed by atoms with Crippen molar-refractivity contribution < 1.29 is 18.1 Å². The molecule has 122 valence electrons. The van der Waals surface area contributed by atoms with Crippen LogP contribution in [0, 0.1) is 16.0 Å². The molecule has 1 N–H and O–H groups in total. The topological polar surface area (TPSA) is 58.4 Å². The molecule has 0 amide bonds. The molecular formula is C14H18F3N3O2. The van der Waals surface area contributed by atoms with Crippen LogP contribution in [0.5, 0.6) is 0 Å². The Morgan fingerprint density at radius 3 is 2.77 bits per heavy atom. The van der Waals surface area contributed by atoms with Gasteiger partial charge >= 0.3 is 6.18 Å². The molecule has 1 saturated heterocycles. The van der Waals surface area contributed by atoms with E-state index >= 15 is 0 Å². The number of hydrogen-bond acceptors (Lipinski definition) is 4. The predicted molar refractivity (Wildman–Crippen MR) is 77.0 cm³/mol. The average molecular weight is 317 g/mol. The van der Waals surface area contributed by atoms with Crippen LogP contribution in [0.2, 0.25) is 0 Å². The van der Waals surface area contributed by atoms with Gasteiger partial charge in [-0.2, -0.15) is 13.2 Å². The van der Waals surface area contributed by atoms with Gasteiger partial charge in [-0.25, -0.2) is 0 Å². The number of benzene rings is 1. The summed E-state index contributed by atoms with van der Waals surface area (Å²) in [5.74, 6) is 0.334. The Morgan fingerprint density at radius 1 is 1.45 bits per heavy atom. The molecule has 1 fully saturated rings. The van der Waals surface area contributed by atoms with Crippen LogP contribution in [0.25, 0.3) is 0 Å². The van der Waals surface area contributed by atoms with Crippen molar-refractivity contribution in [1.82, 2.24) is 5.32 Å². The van der Waals surface area contributed by atoms with Gasteiger partial charge in [-0.05, 0) is 44.5 Å². The summed E-state index contributed by atoms with van der Waals surface area (Å²) in [5.41, 5.74) is -1.22. The Morgan fingerprint density at radius 2 is 2.18 bits per heavy atom. The molecule has 1 unspecified atom stereocenters. The quantitative estimate of drug-likeness (QED) is 0.685. The van der Waals surface area contributed by atoms with Crippen molar-refractivity contribution in [3.8, 4) is 0 Å². The third kappa shape index (κ3) is 3.68. The van der Waals surface area contributed by atoms with E-state index < -0.39 is 22.4 Å². The van der Waals surface area contributed by atoms with Gasteiger partial charge in [0, 0.05) is 19.2 Å². The lowest BCUT2D eigenvalue weighted by Gasteiger charge is -2.34. The fourth-order valence-electron chi connectivity index (χ4n) is 2.85. The Labute approximate surface area is 126 Å². The van der Waals surface area contributed by atoms with Crippen molar-refractivity contribution in [2.75, 3.05) is 31.6 Å². The molecule has 1 aromatic rings. The van der Waals surface area contributed by atoms with Gasteiger partial charge in [0.2, 0.25) is 0 Å². The summed E-state index contributed by atoms with van der Waals surface area (Å²) in [6.45, 7) is 2.00. The minimum absolute atomic E-state index is 0.263. The van der Waals surface area contributed by atoms with Crippen molar-refractivity contribution in [1.29, 1.82) is 0 Å². The summed E-state index contributed by atoms with van der Waals surface area (Å²) in [4.78, 5) is 12.2. The molecule has 1 aliphatic rings. The number of nitrogens with one attached hydrogen (secondary N) is 1. The van der Waals surface area contributed by atoms with E-state index in [2.05, 4.69) is 5.32 Å². The first-order chi connectivity index (χ1) is 10.3. The second kappa shape index (κ2) is 6.51. The van der Waals surface area contributed by atoms with E-state index in [1.165, 1.54) is 6.07 Å². The molecular weight excluding hydrogens is 299 g/mol. The molecule has 5 nitrogen and oxygen atoms in total. The number of nitro benzene ring substituents is 1. The Kier molecular flexibility index (Phi) is 4.90. The van der Waals surface area contributed by atoms with Crippen LogP contribution in [0.3, 0.4) is 0 Å². The number of hydrogen-bond donors (Lipinski definition) is 1. The van der Waals surface area contributed by atoms with E-state index in [9.17, 15) is 23.3 Å². The number of rotatable bonds is 4. The fourth-order valence-corrected chi connectivity index (χ4v) is 2.85. The van der Waals surface area contributed by atoms with Crippen LogP contribution in [0.15, 0.2) is 18.2 Å². The van der Waals surface area contributed by atoms with Gasteiger partial charge in [-0.3, -0.25) is 10.1 Å². The highest BCUT2D eigenvalue weighted by Crippen LogP contribution is 2.37. The van der Waals surface area contributed by atoms with Crippen LogP contribution in [-0.4, -0.2) is 31.6 Å². The minimum Gasteiger partial charge on any atom is -0.366 e. The van der Waals surface area contributed by atoms with Crippen LogP contribution in [0.4, 0.5) is 24.5 Å². The molecule has 0 radical (unpaired) electrons. The first kappa shape index (κ1) is 16.5. The lowest BCUT2D eigenvalue weighted by molar-refractivity contribution is -0.384. The molecule has 1 heterocycles. The standard InChI is InChI=1S/C14H18F3N3O2/c1-18-8-10-3-2-6-19(9-10)12-5-4-11(14(15,16)17)7-13(12)20(21)22/h4-5,7,10,18H,2-3,6,8-9H2,1H3. The van der Waals surface area contributed by atoms with E-state index in [1.54, 1.807) is 0 Å². The lowest BCUT2D eigenvalue weighted by atomic mass is 9.97. The first-order valence-electron chi connectivity index (χ1n) is 7.08. The van der Waals surface area contributed by atoms with Gasteiger partial charge in [-0.1, -0.05) is 0 Å². The zero-order chi connectivity index (χ0) is 16.3. The number of nitro groups is 1. The largest absolute Gasteiger partial charge is 0.416 e. The highest BCUT2D eigenvalue weighted by Gasteiger charge is 2.34. The van der Waals surface area contributed by atoms with Gasteiger partial charge in [0.15, 0.2) is 0 Å². The smallest absolute Gasteiger partial charge is 0.366 e.